The zero-order chi connectivity index (χ0) is 11.5. The van der Waals surface area contributed by atoms with Crippen LogP contribution < -0.4 is 15.2 Å². The second-order valence-electron chi connectivity index (χ2n) is 3.23. The molecule has 0 aliphatic rings. The number of nitrogen functional groups attached to an aromatic ring is 1. The Labute approximate surface area is 93.2 Å². The molecule has 0 bridgehead atoms. The molecule has 2 rings (SSSR count). The second-order valence-corrected chi connectivity index (χ2v) is 3.23. The third kappa shape index (κ3) is 1.67. The Kier molecular flexibility index (Phi) is 2.68. The van der Waals surface area contributed by atoms with Crippen LogP contribution in [0.3, 0.4) is 0 Å². The molecule has 0 fully saturated rings. The minimum absolute atomic E-state index is 0.437. The summed E-state index contributed by atoms with van der Waals surface area (Å²) in [6.07, 6.45) is 1.55. The Bertz CT molecular complexity index is 494. The van der Waals surface area contributed by atoms with Gasteiger partial charge in [0.1, 0.15) is 17.3 Å². The second kappa shape index (κ2) is 4.14. The van der Waals surface area contributed by atoms with E-state index in [4.69, 9.17) is 15.2 Å². The normalized spacial score (nSPS) is 10.1. The van der Waals surface area contributed by atoms with Gasteiger partial charge in [-0.25, -0.2) is 4.98 Å². The molecule has 0 radical (unpaired) electrons. The largest absolute Gasteiger partial charge is 0.497 e. The highest BCUT2D eigenvalue weighted by Gasteiger charge is 2.11. The van der Waals surface area contributed by atoms with Crippen molar-refractivity contribution in [1.29, 1.82) is 0 Å². The Morgan fingerprint density at radius 1 is 1.25 bits per heavy atom. The van der Waals surface area contributed by atoms with Gasteiger partial charge in [-0.15, -0.1) is 0 Å². The number of aromatic nitrogens is 2. The van der Waals surface area contributed by atoms with Crippen LogP contribution in [0.25, 0.3) is 11.3 Å². The van der Waals surface area contributed by atoms with Crippen LogP contribution in [0.15, 0.2) is 24.5 Å². The van der Waals surface area contributed by atoms with Gasteiger partial charge in [0.05, 0.1) is 26.2 Å². The Morgan fingerprint density at radius 2 is 2.06 bits per heavy atom. The lowest BCUT2D eigenvalue weighted by Gasteiger charge is -2.09. The van der Waals surface area contributed by atoms with Crippen molar-refractivity contribution in [3.8, 4) is 22.8 Å². The smallest absolute Gasteiger partial charge is 0.149 e. The van der Waals surface area contributed by atoms with E-state index in [1.54, 1.807) is 20.5 Å². The summed E-state index contributed by atoms with van der Waals surface area (Å²) in [6.45, 7) is 0. The molecule has 0 atom stereocenters. The number of nitrogens with zero attached hydrogens (tertiary/aromatic N) is 1. The topological polar surface area (TPSA) is 73.2 Å². The molecule has 2 aromatic rings. The monoisotopic (exact) mass is 219 g/mol. The maximum Gasteiger partial charge on any atom is 0.149 e. The van der Waals surface area contributed by atoms with Gasteiger partial charge in [0.25, 0.3) is 0 Å². The summed E-state index contributed by atoms with van der Waals surface area (Å²) in [5.74, 6) is 1.90. The molecular weight excluding hydrogens is 206 g/mol. The van der Waals surface area contributed by atoms with Crippen LogP contribution in [0.1, 0.15) is 0 Å². The lowest BCUT2D eigenvalue weighted by atomic mass is 10.1. The molecule has 1 aromatic carbocycles. The number of anilines is 1. The van der Waals surface area contributed by atoms with E-state index in [9.17, 15) is 0 Å². The lowest BCUT2D eigenvalue weighted by molar-refractivity contribution is 0.404. The van der Waals surface area contributed by atoms with Gasteiger partial charge in [-0.05, 0) is 18.2 Å². The first kappa shape index (κ1) is 10.4. The highest BCUT2D eigenvalue weighted by atomic mass is 16.5. The molecule has 0 aliphatic heterocycles. The van der Waals surface area contributed by atoms with E-state index >= 15 is 0 Å². The first-order valence-corrected chi connectivity index (χ1v) is 4.77. The Balaban J connectivity index is 2.57. The highest BCUT2D eigenvalue weighted by Crippen LogP contribution is 2.34. The maximum atomic E-state index is 5.75. The summed E-state index contributed by atoms with van der Waals surface area (Å²) in [5.41, 5.74) is 7.31. The molecule has 3 N–H and O–H groups in total. The molecule has 0 unspecified atom stereocenters. The minimum atomic E-state index is 0.437. The third-order valence-electron chi connectivity index (χ3n) is 2.34. The van der Waals surface area contributed by atoms with Crippen molar-refractivity contribution in [3.63, 3.8) is 0 Å². The standard InChI is InChI=1S/C11H13N3O2/c1-15-7-3-4-9(16-2)8(5-7)10-11(12)14-6-13-10/h3-6H,12H2,1-2H3,(H,13,14). The third-order valence-corrected chi connectivity index (χ3v) is 2.34. The highest BCUT2D eigenvalue weighted by molar-refractivity contribution is 5.76. The van der Waals surface area contributed by atoms with E-state index in [2.05, 4.69) is 9.97 Å². The molecule has 0 amide bonds. The number of benzene rings is 1. The Hall–Kier alpha value is -2.17. The molecule has 0 saturated carbocycles. The zero-order valence-electron chi connectivity index (χ0n) is 9.15. The summed E-state index contributed by atoms with van der Waals surface area (Å²) in [7, 11) is 3.22. The first-order valence-electron chi connectivity index (χ1n) is 4.77. The van der Waals surface area contributed by atoms with Crippen LogP contribution in [0.5, 0.6) is 11.5 Å². The van der Waals surface area contributed by atoms with E-state index < -0.39 is 0 Å². The van der Waals surface area contributed by atoms with Crippen molar-refractivity contribution < 1.29 is 9.47 Å². The summed E-state index contributed by atoms with van der Waals surface area (Å²) in [5, 5.41) is 0. The number of nitrogens with one attached hydrogen (secondary N) is 1. The van der Waals surface area contributed by atoms with Crippen molar-refractivity contribution >= 4 is 5.82 Å². The molecule has 5 heteroatoms. The molecular formula is C11H13N3O2. The van der Waals surface area contributed by atoms with Gasteiger partial charge in [0, 0.05) is 5.56 Å². The molecule has 0 spiro atoms. The van der Waals surface area contributed by atoms with Crippen molar-refractivity contribution in [2.45, 2.75) is 0 Å². The lowest BCUT2D eigenvalue weighted by Crippen LogP contribution is -1.93. The quantitative estimate of drug-likeness (QED) is 0.823. The summed E-state index contributed by atoms with van der Waals surface area (Å²) < 4.78 is 10.4. The number of nitrogens with two attached hydrogens (primary N) is 1. The van der Waals surface area contributed by atoms with Gasteiger partial charge in [-0.1, -0.05) is 0 Å². The van der Waals surface area contributed by atoms with Crippen molar-refractivity contribution in [3.05, 3.63) is 24.5 Å². The van der Waals surface area contributed by atoms with Gasteiger partial charge in [0.2, 0.25) is 0 Å². The number of imidazole rings is 1. The van der Waals surface area contributed by atoms with Gasteiger partial charge in [-0.3, -0.25) is 0 Å². The van der Waals surface area contributed by atoms with Gasteiger partial charge in [-0.2, -0.15) is 0 Å². The summed E-state index contributed by atoms with van der Waals surface area (Å²) in [4.78, 5) is 6.93. The molecule has 0 saturated heterocycles. The number of aromatic amines is 1. The van der Waals surface area contributed by atoms with Gasteiger partial charge < -0.3 is 20.2 Å². The Morgan fingerprint density at radius 3 is 2.62 bits per heavy atom. The number of ether oxygens (including phenoxy) is 2. The van der Waals surface area contributed by atoms with Crippen molar-refractivity contribution in [1.82, 2.24) is 9.97 Å². The number of hydrogen-bond donors (Lipinski definition) is 2. The van der Waals surface area contributed by atoms with Crippen LogP contribution in [-0.2, 0) is 0 Å². The average molecular weight is 219 g/mol. The van der Waals surface area contributed by atoms with Crippen LogP contribution >= 0.6 is 0 Å². The predicted octanol–water partition coefficient (Wildman–Crippen LogP) is 1.68. The fraction of sp³-hybridized carbons (Fsp3) is 0.182. The van der Waals surface area contributed by atoms with Crippen LogP contribution in [-0.4, -0.2) is 24.2 Å². The van der Waals surface area contributed by atoms with Crippen molar-refractivity contribution in [2.24, 2.45) is 0 Å². The minimum Gasteiger partial charge on any atom is -0.497 e. The first-order chi connectivity index (χ1) is 7.76. The van der Waals surface area contributed by atoms with Crippen LogP contribution in [0.4, 0.5) is 5.82 Å². The molecule has 16 heavy (non-hydrogen) atoms. The van der Waals surface area contributed by atoms with E-state index in [0.717, 1.165) is 22.8 Å². The fourth-order valence-corrected chi connectivity index (χ4v) is 1.53. The van der Waals surface area contributed by atoms with Gasteiger partial charge in [0.15, 0.2) is 0 Å². The van der Waals surface area contributed by atoms with E-state index in [1.807, 2.05) is 18.2 Å². The number of H-pyrrole nitrogens is 1. The molecule has 1 aromatic heterocycles. The molecule has 5 nitrogen and oxygen atoms in total. The number of rotatable bonds is 3. The number of hydrogen-bond acceptors (Lipinski definition) is 4. The van der Waals surface area contributed by atoms with Crippen LogP contribution in [0, 0.1) is 0 Å². The molecule has 84 valence electrons. The van der Waals surface area contributed by atoms with Crippen LogP contribution in [0.2, 0.25) is 0 Å². The van der Waals surface area contributed by atoms with E-state index in [0.29, 0.717) is 5.82 Å². The van der Waals surface area contributed by atoms with E-state index in [1.165, 1.54) is 0 Å². The maximum absolute atomic E-state index is 5.75. The predicted molar refractivity (Wildman–Crippen MR) is 61.5 cm³/mol. The zero-order valence-corrected chi connectivity index (χ0v) is 9.15. The van der Waals surface area contributed by atoms with E-state index in [-0.39, 0.29) is 0 Å². The SMILES string of the molecule is COc1ccc(OC)c(-c2[nH]cnc2N)c1. The van der Waals surface area contributed by atoms with Gasteiger partial charge >= 0.3 is 0 Å². The molecule has 0 aliphatic carbocycles. The fourth-order valence-electron chi connectivity index (χ4n) is 1.53. The summed E-state index contributed by atoms with van der Waals surface area (Å²) >= 11 is 0. The van der Waals surface area contributed by atoms with Crippen molar-refractivity contribution in [2.75, 3.05) is 20.0 Å². The average Bonchev–Trinajstić information content (AvgIpc) is 2.74. The molecule has 1 heterocycles. The summed E-state index contributed by atoms with van der Waals surface area (Å²) in [6, 6.07) is 5.51. The number of methoxy groups -OCH3 is 2.